The largest absolute Gasteiger partial charge is 0.341 e. The van der Waals surface area contributed by atoms with E-state index in [4.69, 9.17) is 11.6 Å². The van der Waals surface area contributed by atoms with Gasteiger partial charge in [0.25, 0.3) is 5.91 Å². The number of benzene rings is 1. The van der Waals surface area contributed by atoms with Gasteiger partial charge in [0.05, 0.1) is 5.02 Å². The normalized spacial score (nSPS) is 19.7. The van der Waals surface area contributed by atoms with Crippen molar-refractivity contribution in [3.63, 3.8) is 0 Å². The summed E-state index contributed by atoms with van der Waals surface area (Å²) >= 11 is 8.23. The first-order valence-electron chi connectivity index (χ1n) is 6.36. The molecular weight excluding hydrogens is 375 g/mol. The van der Waals surface area contributed by atoms with Crippen molar-refractivity contribution in [1.29, 1.82) is 0 Å². The smallest absolute Gasteiger partial charge is 0.253 e. The lowest BCUT2D eigenvalue weighted by Gasteiger charge is -2.21. The van der Waals surface area contributed by atoms with Gasteiger partial charge in [-0.15, -0.1) is 0 Å². The fraction of sp³-hybridized carbons (Fsp3) is 0.500. The summed E-state index contributed by atoms with van der Waals surface area (Å²) in [5.41, 5.74) is 0.666. The molecule has 1 heterocycles. The standard InChI is InChI=1S/C14H18ClIN2O/c1-17-6-5-10(8-17)9-18(2)14(19)11-3-4-13(16)12(15)7-11/h3-4,7,10H,5-6,8-9H2,1-2H3. The summed E-state index contributed by atoms with van der Waals surface area (Å²) in [6.45, 7) is 3.01. The van der Waals surface area contributed by atoms with E-state index in [0.29, 0.717) is 16.5 Å². The Morgan fingerprint density at radius 1 is 1.58 bits per heavy atom. The molecule has 1 aliphatic rings. The lowest BCUT2D eigenvalue weighted by Crippen LogP contribution is -2.32. The lowest BCUT2D eigenvalue weighted by molar-refractivity contribution is 0.0774. The van der Waals surface area contributed by atoms with Gasteiger partial charge in [0, 0.05) is 29.3 Å². The minimum absolute atomic E-state index is 0.0489. The molecule has 5 heteroatoms. The number of likely N-dealkylation sites (tertiary alicyclic amines) is 1. The molecule has 1 fully saturated rings. The van der Waals surface area contributed by atoms with Crippen molar-refractivity contribution in [3.05, 3.63) is 32.4 Å². The minimum atomic E-state index is 0.0489. The average Bonchev–Trinajstić information content (AvgIpc) is 2.77. The van der Waals surface area contributed by atoms with E-state index in [9.17, 15) is 4.79 Å². The first-order valence-corrected chi connectivity index (χ1v) is 7.82. The van der Waals surface area contributed by atoms with Gasteiger partial charge in [-0.1, -0.05) is 11.6 Å². The van der Waals surface area contributed by atoms with Crippen LogP contribution in [0.5, 0.6) is 0 Å². The Morgan fingerprint density at radius 2 is 2.32 bits per heavy atom. The molecule has 1 aromatic rings. The Morgan fingerprint density at radius 3 is 2.89 bits per heavy atom. The molecule has 1 aliphatic heterocycles. The van der Waals surface area contributed by atoms with Gasteiger partial charge in [0.1, 0.15) is 0 Å². The van der Waals surface area contributed by atoms with Crippen molar-refractivity contribution >= 4 is 40.1 Å². The number of hydrogen-bond acceptors (Lipinski definition) is 2. The summed E-state index contributed by atoms with van der Waals surface area (Å²) in [4.78, 5) is 16.4. The van der Waals surface area contributed by atoms with E-state index in [2.05, 4.69) is 34.5 Å². The van der Waals surface area contributed by atoms with E-state index in [1.165, 1.54) is 6.42 Å². The second-order valence-corrected chi connectivity index (χ2v) is 6.80. The quantitative estimate of drug-likeness (QED) is 0.739. The number of amides is 1. The minimum Gasteiger partial charge on any atom is -0.341 e. The number of hydrogen-bond donors (Lipinski definition) is 0. The summed E-state index contributed by atoms with van der Waals surface area (Å²) < 4.78 is 0.968. The monoisotopic (exact) mass is 392 g/mol. The highest BCUT2D eigenvalue weighted by Gasteiger charge is 2.23. The van der Waals surface area contributed by atoms with E-state index in [1.807, 2.05) is 24.1 Å². The summed E-state index contributed by atoms with van der Waals surface area (Å²) in [5, 5.41) is 0.639. The SMILES string of the molecule is CN1CCC(CN(C)C(=O)c2ccc(I)c(Cl)c2)C1. The van der Waals surface area contributed by atoms with Crippen LogP contribution in [0.15, 0.2) is 18.2 Å². The highest BCUT2D eigenvalue weighted by molar-refractivity contribution is 14.1. The lowest BCUT2D eigenvalue weighted by atomic mass is 10.1. The van der Waals surface area contributed by atoms with Crippen molar-refractivity contribution in [1.82, 2.24) is 9.80 Å². The second kappa shape index (κ2) is 6.41. The molecule has 0 radical (unpaired) electrons. The van der Waals surface area contributed by atoms with Crippen LogP contribution in [0.4, 0.5) is 0 Å². The zero-order valence-electron chi connectivity index (χ0n) is 11.2. The molecule has 1 saturated heterocycles. The highest BCUT2D eigenvalue weighted by Crippen LogP contribution is 2.21. The molecule has 0 bridgehead atoms. The van der Waals surface area contributed by atoms with Crippen LogP contribution in [0.2, 0.25) is 5.02 Å². The Balaban J connectivity index is 2.00. The van der Waals surface area contributed by atoms with Crippen LogP contribution in [0.25, 0.3) is 0 Å². The van der Waals surface area contributed by atoms with Gasteiger partial charge in [-0.2, -0.15) is 0 Å². The van der Waals surface area contributed by atoms with E-state index in [-0.39, 0.29) is 5.91 Å². The molecule has 104 valence electrons. The molecular formula is C14H18ClIN2O. The molecule has 19 heavy (non-hydrogen) atoms. The molecule has 1 atom stereocenters. The first-order chi connectivity index (χ1) is 8.97. The summed E-state index contributed by atoms with van der Waals surface area (Å²) in [5.74, 6) is 0.631. The number of nitrogens with zero attached hydrogens (tertiary/aromatic N) is 2. The number of carbonyl (C=O) groups is 1. The molecule has 1 unspecified atom stereocenters. The zero-order chi connectivity index (χ0) is 14.0. The molecule has 0 N–H and O–H groups in total. The summed E-state index contributed by atoms with van der Waals surface area (Å²) in [7, 11) is 3.99. The first kappa shape index (κ1) is 15.1. The van der Waals surface area contributed by atoms with Crippen LogP contribution < -0.4 is 0 Å². The maximum absolute atomic E-state index is 12.3. The molecule has 2 rings (SSSR count). The van der Waals surface area contributed by atoms with Crippen LogP contribution in [0.1, 0.15) is 16.8 Å². The molecule has 3 nitrogen and oxygen atoms in total. The number of rotatable bonds is 3. The topological polar surface area (TPSA) is 23.6 Å². The third-order valence-electron chi connectivity index (χ3n) is 3.53. The van der Waals surface area contributed by atoms with Gasteiger partial charge in [-0.25, -0.2) is 0 Å². The van der Waals surface area contributed by atoms with Crippen molar-refractivity contribution in [2.24, 2.45) is 5.92 Å². The van der Waals surface area contributed by atoms with Gasteiger partial charge in [0.2, 0.25) is 0 Å². The Hall–Kier alpha value is -0.330. The van der Waals surface area contributed by atoms with Crippen LogP contribution in [-0.2, 0) is 0 Å². The van der Waals surface area contributed by atoms with E-state index >= 15 is 0 Å². The van der Waals surface area contributed by atoms with Gasteiger partial charge in [-0.3, -0.25) is 4.79 Å². The summed E-state index contributed by atoms with van der Waals surface area (Å²) in [6.07, 6.45) is 1.17. The van der Waals surface area contributed by atoms with Crippen molar-refractivity contribution in [2.75, 3.05) is 33.7 Å². The van der Waals surface area contributed by atoms with Gasteiger partial charge in [-0.05, 0) is 66.7 Å². The van der Waals surface area contributed by atoms with E-state index < -0.39 is 0 Å². The van der Waals surface area contributed by atoms with Crippen molar-refractivity contribution in [2.45, 2.75) is 6.42 Å². The van der Waals surface area contributed by atoms with Crippen molar-refractivity contribution in [3.8, 4) is 0 Å². The third-order valence-corrected chi connectivity index (χ3v) is 5.11. The molecule has 0 aliphatic carbocycles. The Labute approximate surface area is 133 Å². The average molecular weight is 393 g/mol. The zero-order valence-corrected chi connectivity index (χ0v) is 14.1. The fourth-order valence-corrected chi connectivity index (χ4v) is 3.01. The molecule has 0 aromatic heterocycles. The Bertz CT molecular complexity index is 481. The van der Waals surface area contributed by atoms with Crippen molar-refractivity contribution < 1.29 is 4.79 Å². The van der Waals surface area contributed by atoms with Gasteiger partial charge in [0.15, 0.2) is 0 Å². The molecule has 0 spiro atoms. The second-order valence-electron chi connectivity index (χ2n) is 5.23. The van der Waals surface area contributed by atoms with Crippen LogP contribution in [-0.4, -0.2) is 49.4 Å². The molecule has 1 aromatic carbocycles. The van der Waals surface area contributed by atoms with Crippen LogP contribution in [0.3, 0.4) is 0 Å². The van der Waals surface area contributed by atoms with E-state index in [1.54, 1.807) is 6.07 Å². The highest BCUT2D eigenvalue weighted by atomic mass is 127. The fourth-order valence-electron chi connectivity index (χ4n) is 2.50. The predicted molar refractivity (Wildman–Crippen MR) is 86.7 cm³/mol. The molecule has 1 amide bonds. The van der Waals surface area contributed by atoms with Crippen LogP contribution >= 0.6 is 34.2 Å². The van der Waals surface area contributed by atoms with Crippen LogP contribution in [0, 0.1) is 9.49 Å². The maximum atomic E-state index is 12.3. The maximum Gasteiger partial charge on any atom is 0.253 e. The summed E-state index contributed by atoms with van der Waals surface area (Å²) in [6, 6.07) is 5.48. The van der Waals surface area contributed by atoms with Gasteiger partial charge >= 0.3 is 0 Å². The number of carbonyl (C=O) groups excluding carboxylic acids is 1. The Kier molecular flexibility index (Phi) is 5.09. The third kappa shape index (κ3) is 3.83. The predicted octanol–water partition coefficient (Wildman–Crippen LogP) is 2.97. The van der Waals surface area contributed by atoms with Gasteiger partial charge < -0.3 is 9.80 Å². The molecule has 0 saturated carbocycles. The van der Waals surface area contributed by atoms with E-state index in [0.717, 1.165) is 23.2 Å². The number of halogens is 2.